The van der Waals surface area contributed by atoms with E-state index in [1.165, 1.54) is 42.5 Å². The molecule has 0 fully saturated rings. The lowest BCUT2D eigenvalue weighted by Gasteiger charge is -2.10. The second-order valence-corrected chi connectivity index (χ2v) is 6.48. The van der Waals surface area contributed by atoms with E-state index in [-0.39, 0.29) is 16.2 Å². The van der Waals surface area contributed by atoms with Crippen LogP contribution in [0.1, 0.15) is 10.4 Å². The number of nitrogen functional groups attached to an aromatic ring is 1. The summed E-state index contributed by atoms with van der Waals surface area (Å²) in [6.45, 7) is 0. The Morgan fingerprint density at radius 2 is 1.71 bits per heavy atom. The number of benzene rings is 2. The first-order chi connectivity index (χ1) is 9.77. The number of rotatable bonds is 4. The number of carbonyl (C=O) groups is 1. The van der Waals surface area contributed by atoms with Gasteiger partial charge in [0.2, 0.25) is 5.91 Å². The van der Waals surface area contributed by atoms with Gasteiger partial charge in [0.25, 0.3) is 0 Å². The highest BCUT2D eigenvalue weighted by molar-refractivity contribution is 7.90. The second-order valence-electron chi connectivity index (χ2n) is 4.46. The molecule has 0 unspecified atom stereocenters. The van der Waals surface area contributed by atoms with Crippen LogP contribution in [0.3, 0.4) is 0 Å². The maximum atomic E-state index is 11.4. The van der Waals surface area contributed by atoms with Gasteiger partial charge in [0, 0.05) is 11.8 Å². The summed E-state index contributed by atoms with van der Waals surface area (Å²) in [4.78, 5) is 11.3. The Kier molecular flexibility index (Phi) is 3.86. The van der Waals surface area contributed by atoms with E-state index in [0.29, 0.717) is 11.4 Å². The van der Waals surface area contributed by atoms with Gasteiger partial charge in [-0.25, -0.2) is 8.42 Å². The van der Waals surface area contributed by atoms with Crippen LogP contribution in [0.15, 0.2) is 47.4 Å². The van der Waals surface area contributed by atoms with Gasteiger partial charge in [-0.3, -0.25) is 4.79 Å². The van der Waals surface area contributed by atoms with Crippen LogP contribution in [0, 0.1) is 0 Å². The Hall–Kier alpha value is -2.54. The molecule has 0 aliphatic carbocycles. The van der Waals surface area contributed by atoms with Gasteiger partial charge in [0.05, 0.1) is 10.6 Å². The first kappa shape index (κ1) is 14.9. The van der Waals surface area contributed by atoms with Crippen molar-refractivity contribution >= 4 is 21.4 Å². The third-order valence-corrected chi connectivity index (χ3v) is 3.91. The first-order valence-electron chi connectivity index (χ1n) is 5.94. The molecule has 2 rings (SSSR count). The lowest BCUT2D eigenvalue weighted by atomic mass is 10.2. The molecule has 2 aromatic rings. The van der Waals surface area contributed by atoms with Crippen molar-refractivity contribution in [1.29, 1.82) is 0 Å². The van der Waals surface area contributed by atoms with Crippen LogP contribution >= 0.6 is 0 Å². The highest BCUT2D eigenvalue weighted by Gasteiger charge is 2.09. The molecule has 1 amide bonds. The largest absolute Gasteiger partial charge is 0.455 e. The maximum absolute atomic E-state index is 11.4. The Labute approximate surface area is 122 Å². The molecule has 21 heavy (non-hydrogen) atoms. The smallest absolute Gasteiger partial charge is 0.248 e. The monoisotopic (exact) mass is 306 g/mol. The van der Waals surface area contributed by atoms with Crippen LogP contribution in [0.4, 0.5) is 5.69 Å². The van der Waals surface area contributed by atoms with E-state index in [2.05, 4.69) is 0 Å². The Morgan fingerprint density at radius 3 is 2.24 bits per heavy atom. The van der Waals surface area contributed by atoms with E-state index < -0.39 is 15.7 Å². The summed E-state index contributed by atoms with van der Waals surface area (Å²) in [5, 5.41) is 0. The molecule has 6 nitrogen and oxygen atoms in total. The number of anilines is 1. The van der Waals surface area contributed by atoms with Crippen molar-refractivity contribution in [2.75, 3.05) is 12.0 Å². The van der Waals surface area contributed by atoms with Crippen molar-refractivity contribution in [1.82, 2.24) is 0 Å². The molecule has 110 valence electrons. The van der Waals surface area contributed by atoms with E-state index in [1.54, 1.807) is 0 Å². The molecule has 0 aromatic heterocycles. The Bertz CT molecular complexity index is 783. The quantitative estimate of drug-likeness (QED) is 0.832. The Morgan fingerprint density at radius 1 is 1.10 bits per heavy atom. The summed E-state index contributed by atoms with van der Waals surface area (Å²) in [5.74, 6) is 0.0846. The third kappa shape index (κ3) is 3.51. The van der Waals surface area contributed by atoms with Crippen LogP contribution in [0.25, 0.3) is 0 Å². The fourth-order valence-corrected chi connectivity index (χ4v) is 2.29. The minimum atomic E-state index is -3.26. The van der Waals surface area contributed by atoms with Crippen molar-refractivity contribution in [3.8, 4) is 11.5 Å². The molecular formula is C14H14N2O4S. The van der Waals surface area contributed by atoms with Crippen molar-refractivity contribution in [2.45, 2.75) is 4.90 Å². The molecule has 0 saturated heterocycles. The zero-order chi connectivity index (χ0) is 15.6. The average molecular weight is 306 g/mol. The molecule has 0 radical (unpaired) electrons. The highest BCUT2D eigenvalue weighted by atomic mass is 32.2. The van der Waals surface area contributed by atoms with Gasteiger partial charge in [-0.15, -0.1) is 0 Å². The fourth-order valence-electron chi connectivity index (χ4n) is 1.66. The number of hydrogen-bond donors (Lipinski definition) is 2. The zero-order valence-corrected chi connectivity index (χ0v) is 12.1. The summed E-state index contributed by atoms with van der Waals surface area (Å²) in [5.41, 5.74) is 11.6. The molecule has 0 bridgehead atoms. The van der Waals surface area contributed by atoms with Crippen molar-refractivity contribution < 1.29 is 17.9 Å². The number of nitrogens with two attached hydrogens (primary N) is 2. The van der Waals surface area contributed by atoms with Crippen LogP contribution < -0.4 is 16.2 Å². The van der Waals surface area contributed by atoms with Crippen molar-refractivity contribution in [2.24, 2.45) is 5.73 Å². The molecule has 0 aliphatic rings. The molecular weight excluding hydrogens is 292 g/mol. The Balaban J connectivity index is 2.30. The van der Waals surface area contributed by atoms with Gasteiger partial charge in [0.1, 0.15) is 5.75 Å². The summed E-state index contributed by atoms with van der Waals surface area (Å²) in [6.07, 6.45) is 1.12. The van der Waals surface area contributed by atoms with E-state index in [0.717, 1.165) is 6.26 Å². The predicted octanol–water partition coefficient (Wildman–Crippen LogP) is 1.56. The van der Waals surface area contributed by atoms with Gasteiger partial charge in [-0.2, -0.15) is 0 Å². The molecule has 0 aliphatic heterocycles. The number of ether oxygens (including phenoxy) is 1. The van der Waals surface area contributed by atoms with Gasteiger partial charge >= 0.3 is 0 Å². The van der Waals surface area contributed by atoms with E-state index in [4.69, 9.17) is 16.2 Å². The van der Waals surface area contributed by atoms with E-state index in [9.17, 15) is 13.2 Å². The maximum Gasteiger partial charge on any atom is 0.248 e. The SMILES string of the molecule is CS(=O)(=O)c1ccc(Oc2cc(C(N)=O)ccc2N)cc1. The van der Waals surface area contributed by atoms with Gasteiger partial charge in [0.15, 0.2) is 15.6 Å². The average Bonchev–Trinajstić information content (AvgIpc) is 2.40. The normalized spacial score (nSPS) is 11.1. The number of hydrogen-bond acceptors (Lipinski definition) is 5. The van der Waals surface area contributed by atoms with Crippen molar-refractivity contribution in [3.05, 3.63) is 48.0 Å². The van der Waals surface area contributed by atoms with Crippen molar-refractivity contribution in [3.63, 3.8) is 0 Å². The first-order valence-corrected chi connectivity index (χ1v) is 7.84. The number of carbonyl (C=O) groups excluding carboxylic acids is 1. The standard InChI is InChI=1S/C14H14N2O4S/c1-21(18,19)11-5-3-10(4-6-11)20-13-8-9(14(16)17)2-7-12(13)15/h2-8H,15H2,1H3,(H2,16,17). The minimum absolute atomic E-state index is 0.189. The van der Waals surface area contributed by atoms with Gasteiger partial charge < -0.3 is 16.2 Å². The number of sulfone groups is 1. The van der Waals surface area contributed by atoms with Crippen LogP contribution in [0.2, 0.25) is 0 Å². The molecule has 0 atom stereocenters. The lowest BCUT2D eigenvalue weighted by molar-refractivity contribution is 0.1000. The molecule has 7 heteroatoms. The van der Waals surface area contributed by atoms with Crippen LogP contribution in [0.5, 0.6) is 11.5 Å². The molecule has 0 heterocycles. The molecule has 4 N–H and O–H groups in total. The van der Waals surface area contributed by atoms with Gasteiger partial charge in [-0.05, 0) is 42.5 Å². The minimum Gasteiger partial charge on any atom is -0.455 e. The van der Waals surface area contributed by atoms with Gasteiger partial charge in [-0.1, -0.05) is 0 Å². The third-order valence-electron chi connectivity index (χ3n) is 2.78. The summed E-state index contributed by atoms with van der Waals surface area (Å²) in [7, 11) is -3.26. The number of amides is 1. The summed E-state index contributed by atoms with van der Waals surface area (Å²) < 4.78 is 28.3. The summed E-state index contributed by atoms with van der Waals surface area (Å²) in [6, 6.07) is 10.3. The zero-order valence-electron chi connectivity index (χ0n) is 11.2. The highest BCUT2D eigenvalue weighted by Crippen LogP contribution is 2.29. The lowest BCUT2D eigenvalue weighted by Crippen LogP contribution is -2.11. The summed E-state index contributed by atoms with van der Waals surface area (Å²) >= 11 is 0. The fraction of sp³-hybridized carbons (Fsp3) is 0.0714. The van der Waals surface area contributed by atoms with Crippen LogP contribution in [-0.2, 0) is 9.84 Å². The van der Waals surface area contributed by atoms with Crippen LogP contribution in [-0.4, -0.2) is 20.6 Å². The molecule has 2 aromatic carbocycles. The second kappa shape index (κ2) is 5.45. The van der Waals surface area contributed by atoms with E-state index in [1.807, 2.05) is 0 Å². The van der Waals surface area contributed by atoms with E-state index >= 15 is 0 Å². The number of primary amides is 1. The molecule has 0 saturated carbocycles. The topological polar surface area (TPSA) is 112 Å². The predicted molar refractivity (Wildman–Crippen MR) is 79.0 cm³/mol. The molecule has 0 spiro atoms.